The van der Waals surface area contributed by atoms with Gasteiger partial charge in [-0.05, 0) is 45.9 Å². The fourth-order valence-corrected chi connectivity index (χ4v) is 4.07. The number of unbranched alkanes of at least 4 members (excludes halogenated alkanes) is 1. The molecule has 4 aromatic rings. The summed E-state index contributed by atoms with van der Waals surface area (Å²) in [6.45, 7) is 6.63. The molecule has 0 aliphatic heterocycles. The Morgan fingerprint density at radius 1 is 1.06 bits per heavy atom. The van der Waals surface area contributed by atoms with Crippen molar-refractivity contribution in [3.8, 4) is 22.5 Å². The molecule has 2 aromatic heterocycles. The van der Waals surface area contributed by atoms with Gasteiger partial charge in [0.25, 0.3) is 0 Å². The Bertz CT molecular complexity index is 1300. The van der Waals surface area contributed by atoms with Crippen molar-refractivity contribution in [2.45, 2.75) is 58.9 Å². The third kappa shape index (κ3) is 4.76. The lowest BCUT2D eigenvalue weighted by molar-refractivity contribution is 0.0894. The van der Waals surface area contributed by atoms with Gasteiger partial charge in [-0.15, -0.1) is 5.10 Å². The largest absolute Gasteiger partial charge is 0.335 e. The van der Waals surface area contributed by atoms with Crippen LogP contribution in [0.5, 0.6) is 0 Å². The van der Waals surface area contributed by atoms with Crippen molar-refractivity contribution in [1.82, 2.24) is 29.8 Å². The lowest BCUT2D eigenvalue weighted by Gasteiger charge is -2.13. The summed E-state index contributed by atoms with van der Waals surface area (Å²) in [5, 5.41) is 14.2. The van der Waals surface area contributed by atoms with Gasteiger partial charge in [0.2, 0.25) is 5.91 Å². The first-order valence-corrected chi connectivity index (χ1v) is 11.8. The molecule has 0 amide bonds. The Hall–Kier alpha value is -3.81. The summed E-state index contributed by atoms with van der Waals surface area (Å²) < 4.78 is 3.04. The number of carbonyl (C=O) groups excluding carboxylic acids is 1. The number of nitrogens with one attached hydrogen (secondary N) is 1. The van der Waals surface area contributed by atoms with Crippen molar-refractivity contribution in [3.05, 3.63) is 76.5 Å². The highest BCUT2D eigenvalue weighted by Crippen LogP contribution is 2.30. The minimum atomic E-state index is -0.261. The van der Waals surface area contributed by atoms with Crippen molar-refractivity contribution < 1.29 is 4.79 Å². The van der Waals surface area contributed by atoms with E-state index in [1.165, 1.54) is 4.57 Å². The minimum Gasteiger partial charge on any atom is -0.291 e. The van der Waals surface area contributed by atoms with E-state index in [-0.39, 0.29) is 17.5 Å². The summed E-state index contributed by atoms with van der Waals surface area (Å²) >= 11 is 0. The van der Waals surface area contributed by atoms with E-state index in [9.17, 15) is 9.59 Å². The molecule has 2 aromatic carbocycles. The topological polar surface area (TPSA) is 98.5 Å². The highest BCUT2D eigenvalue weighted by molar-refractivity contribution is 5.80. The number of nitrogens with zero attached hydrogens (tertiary/aromatic N) is 5. The van der Waals surface area contributed by atoms with Crippen LogP contribution >= 0.6 is 0 Å². The number of aromatic amines is 1. The van der Waals surface area contributed by atoms with Gasteiger partial charge in [0.15, 0.2) is 5.82 Å². The summed E-state index contributed by atoms with van der Waals surface area (Å²) in [5.41, 5.74) is 4.58. The molecule has 0 bridgehead atoms. The number of aromatic nitrogens is 6. The maximum atomic E-state index is 13.2. The molecule has 0 fully saturated rings. The third-order valence-electron chi connectivity index (χ3n) is 6.27. The molecule has 176 valence electrons. The van der Waals surface area contributed by atoms with Crippen LogP contribution in [0.15, 0.2) is 59.5 Å². The molecule has 1 N–H and O–H groups in total. The maximum absolute atomic E-state index is 13.2. The first-order chi connectivity index (χ1) is 16.5. The number of H-pyrrole nitrogens is 1. The fraction of sp³-hybridized carbons (Fsp3) is 0.346. The smallest absolute Gasteiger partial charge is 0.291 e. The molecule has 0 saturated carbocycles. The molecule has 0 saturated heterocycles. The first-order valence-electron chi connectivity index (χ1n) is 11.8. The number of carbonyl (C=O) groups is 1. The molecule has 0 aliphatic carbocycles. The normalized spacial score (nSPS) is 12.1. The van der Waals surface area contributed by atoms with Crippen LogP contribution in [0, 0.1) is 0 Å². The van der Waals surface area contributed by atoms with E-state index in [0.717, 1.165) is 47.2 Å². The molecule has 0 radical (unpaired) electrons. The summed E-state index contributed by atoms with van der Waals surface area (Å²) in [6.07, 6.45) is 4.71. The lowest BCUT2D eigenvalue weighted by Crippen LogP contribution is -2.29. The van der Waals surface area contributed by atoms with E-state index in [0.29, 0.717) is 18.8 Å². The molecule has 1 atom stereocenters. The van der Waals surface area contributed by atoms with Crippen LogP contribution in [-0.2, 0) is 6.54 Å². The van der Waals surface area contributed by atoms with Crippen LogP contribution in [0.1, 0.15) is 68.4 Å². The van der Waals surface area contributed by atoms with Gasteiger partial charge >= 0.3 is 5.69 Å². The minimum absolute atomic E-state index is 0.135. The highest BCUT2D eigenvalue weighted by atomic mass is 16.2. The molecule has 8 heteroatoms. The van der Waals surface area contributed by atoms with E-state index >= 15 is 0 Å². The van der Waals surface area contributed by atoms with E-state index in [4.69, 9.17) is 0 Å². The van der Waals surface area contributed by atoms with Crippen LogP contribution in [-0.4, -0.2) is 35.7 Å². The van der Waals surface area contributed by atoms with E-state index in [1.807, 2.05) is 55.5 Å². The fourth-order valence-electron chi connectivity index (χ4n) is 4.07. The Labute approximate surface area is 198 Å². The van der Waals surface area contributed by atoms with Gasteiger partial charge < -0.3 is 0 Å². The quantitative estimate of drug-likeness (QED) is 0.385. The molecule has 0 aliphatic rings. The Morgan fingerprint density at radius 2 is 1.79 bits per heavy atom. The van der Waals surface area contributed by atoms with Gasteiger partial charge in [0, 0.05) is 23.9 Å². The standard InChI is InChI=1S/C26H30N6O2/c1-4-6-11-24(33)32-17-23(18(3)5-2)31(26(32)34)16-19-12-14-20(15-13-19)21-9-7-8-10-22(21)25-27-29-30-28-25/h7-10,12-15,17-18H,4-6,11,16H2,1-3H3,(H,27,28,29,30). The molecular formula is C26H30N6O2. The lowest BCUT2D eigenvalue weighted by atomic mass is 9.98. The van der Waals surface area contributed by atoms with Crippen LogP contribution in [0.2, 0.25) is 0 Å². The predicted octanol–water partition coefficient (Wildman–Crippen LogP) is 4.89. The van der Waals surface area contributed by atoms with Crippen molar-refractivity contribution in [3.63, 3.8) is 0 Å². The second-order valence-corrected chi connectivity index (χ2v) is 8.59. The van der Waals surface area contributed by atoms with Crippen LogP contribution in [0.25, 0.3) is 22.5 Å². The average molecular weight is 459 g/mol. The monoisotopic (exact) mass is 458 g/mol. The Kier molecular flexibility index (Phi) is 7.15. The molecule has 8 nitrogen and oxygen atoms in total. The van der Waals surface area contributed by atoms with Gasteiger partial charge in [0.05, 0.1) is 6.54 Å². The molecular weight excluding hydrogens is 428 g/mol. The third-order valence-corrected chi connectivity index (χ3v) is 6.27. The Balaban J connectivity index is 1.64. The summed E-state index contributed by atoms with van der Waals surface area (Å²) in [7, 11) is 0. The second kappa shape index (κ2) is 10.4. The SMILES string of the molecule is CCCCC(=O)n1cc(C(C)CC)n(Cc2ccc(-c3ccccc3-c3nnn[nH]3)cc2)c1=O. The molecule has 2 heterocycles. The number of imidazole rings is 1. The number of hydrogen-bond acceptors (Lipinski definition) is 5. The number of benzene rings is 2. The molecule has 34 heavy (non-hydrogen) atoms. The van der Waals surface area contributed by atoms with Gasteiger partial charge in [-0.25, -0.2) is 14.5 Å². The molecule has 4 rings (SSSR count). The van der Waals surface area contributed by atoms with E-state index < -0.39 is 0 Å². The zero-order chi connectivity index (χ0) is 24.1. The number of rotatable bonds is 9. The van der Waals surface area contributed by atoms with Gasteiger partial charge in [-0.1, -0.05) is 75.7 Å². The number of hydrogen-bond donors (Lipinski definition) is 1. The van der Waals surface area contributed by atoms with Crippen LogP contribution in [0.4, 0.5) is 0 Å². The Morgan fingerprint density at radius 3 is 2.44 bits per heavy atom. The summed E-state index contributed by atoms with van der Waals surface area (Å²) in [5.74, 6) is 0.650. The maximum Gasteiger partial charge on any atom is 0.335 e. The van der Waals surface area contributed by atoms with Crippen molar-refractivity contribution in [1.29, 1.82) is 0 Å². The molecule has 1 unspecified atom stereocenters. The zero-order valence-electron chi connectivity index (χ0n) is 19.9. The number of tetrazole rings is 1. The summed E-state index contributed by atoms with van der Waals surface area (Å²) in [6, 6.07) is 16.0. The first kappa shape index (κ1) is 23.4. The van der Waals surface area contributed by atoms with E-state index in [1.54, 1.807) is 10.8 Å². The predicted molar refractivity (Wildman–Crippen MR) is 132 cm³/mol. The average Bonchev–Trinajstić information content (AvgIpc) is 3.52. The van der Waals surface area contributed by atoms with Crippen LogP contribution < -0.4 is 5.69 Å². The van der Waals surface area contributed by atoms with Gasteiger partial charge in [0.1, 0.15) is 0 Å². The van der Waals surface area contributed by atoms with E-state index in [2.05, 4.69) is 34.5 Å². The summed E-state index contributed by atoms with van der Waals surface area (Å²) in [4.78, 5) is 25.8. The van der Waals surface area contributed by atoms with Gasteiger partial charge in [-0.3, -0.25) is 9.36 Å². The van der Waals surface area contributed by atoms with Crippen molar-refractivity contribution in [2.75, 3.05) is 0 Å². The van der Waals surface area contributed by atoms with Crippen molar-refractivity contribution >= 4 is 5.91 Å². The zero-order valence-corrected chi connectivity index (χ0v) is 19.9. The van der Waals surface area contributed by atoms with Gasteiger partial charge in [-0.2, -0.15) is 0 Å². The van der Waals surface area contributed by atoms with Crippen molar-refractivity contribution in [2.24, 2.45) is 0 Å². The highest BCUT2D eigenvalue weighted by Gasteiger charge is 2.19. The van der Waals surface area contributed by atoms with Crippen LogP contribution in [0.3, 0.4) is 0 Å². The molecule has 0 spiro atoms. The second-order valence-electron chi connectivity index (χ2n) is 8.59.